The van der Waals surface area contributed by atoms with Gasteiger partial charge in [-0.1, -0.05) is 0 Å². The van der Waals surface area contributed by atoms with Crippen LogP contribution < -0.4 is 9.64 Å². The summed E-state index contributed by atoms with van der Waals surface area (Å²) in [4.78, 5) is 11.2. The molecule has 6 nitrogen and oxygen atoms in total. The monoisotopic (exact) mass is 337 g/mol. The van der Waals surface area contributed by atoms with Gasteiger partial charge in [0, 0.05) is 24.5 Å². The maximum Gasteiger partial charge on any atom is 0.132 e. The van der Waals surface area contributed by atoms with E-state index in [2.05, 4.69) is 25.1 Å². The first kappa shape index (κ1) is 15.9. The van der Waals surface area contributed by atoms with Crippen LogP contribution in [0.15, 0.2) is 30.6 Å². The van der Waals surface area contributed by atoms with Crippen molar-refractivity contribution in [1.82, 2.24) is 20.2 Å². The molecule has 6 heteroatoms. The van der Waals surface area contributed by atoms with Crippen LogP contribution in [0.4, 0.5) is 5.82 Å². The van der Waals surface area contributed by atoms with Crippen molar-refractivity contribution < 1.29 is 4.74 Å². The smallest absolute Gasteiger partial charge is 0.132 e. The highest BCUT2D eigenvalue weighted by molar-refractivity contribution is 5.93. The van der Waals surface area contributed by atoms with Crippen LogP contribution in [0.25, 0.3) is 22.3 Å². The minimum atomic E-state index is -0.241. The predicted molar refractivity (Wildman–Crippen MR) is 98.9 cm³/mol. The maximum atomic E-state index is 5.99. The molecule has 1 fully saturated rings. The Labute approximate surface area is 147 Å². The molecule has 3 heterocycles. The van der Waals surface area contributed by atoms with Gasteiger partial charge in [-0.15, -0.1) is 0 Å². The fourth-order valence-corrected chi connectivity index (χ4v) is 3.20. The molecule has 0 atom stereocenters. The van der Waals surface area contributed by atoms with Gasteiger partial charge in [0.25, 0.3) is 0 Å². The summed E-state index contributed by atoms with van der Waals surface area (Å²) in [6.07, 6.45) is 4.06. The first-order chi connectivity index (χ1) is 12.0. The van der Waals surface area contributed by atoms with Crippen LogP contribution in [0.2, 0.25) is 0 Å². The minimum absolute atomic E-state index is 0.241. The normalized spacial score (nSPS) is 15.1. The second kappa shape index (κ2) is 6.02. The van der Waals surface area contributed by atoms with Gasteiger partial charge < -0.3 is 9.64 Å². The molecule has 25 heavy (non-hydrogen) atoms. The summed E-state index contributed by atoms with van der Waals surface area (Å²) < 4.78 is 5.99. The van der Waals surface area contributed by atoms with Gasteiger partial charge in [0.2, 0.25) is 0 Å². The van der Waals surface area contributed by atoms with Gasteiger partial charge in [-0.2, -0.15) is 5.10 Å². The molecule has 0 bridgehead atoms. The Kier molecular flexibility index (Phi) is 3.82. The quantitative estimate of drug-likeness (QED) is 0.787. The van der Waals surface area contributed by atoms with Gasteiger partial charge in [0.15, 0.2) is 0 Å². The van der Waals surface area contributed by atoms with Gasteiger partial charge in [0.05, 0.1) is 11.2 Å². The van der Waals surface area contributed by atoms with Crippen LogP contribution in [0, 0.1) is 0 Å². The third-order valence-corrected chi connectivity index (χ3v) is 4.28. The van der Waals surface area contributed by atoms with Crippen LogP contribution >= 0.6 is 0 Å². The molecule has 0 saturated carbocycles. The molecule has 1 aliphatic heterocycles. The predicted octanol–water partition coefficient (Wildman–Crippen LogP) is 3.80. The Hall–Kier alpha value is -2.63. The van der Waals surface area contributed by atoms with Crippen molar-refractivity contribution in [3.8, 4) is 17.1 Å². The van der Waals surface area contributed by atoms with E-state index >= 15 is 0 Å². The number of nitrogens with zero attached hydrogens (tertiary/aromatic N) is 4. The van der Waals surface area contributed by atoms with Crippen LogP contribution in [-0.2, 0) is 0 Å². The van der Waals surface area contributed by atoms with Crippen molar-refractivity contribution in [3.05, 3.63) is 30.6 Å². The SMILES string of the molecule is CC(C)(C)Oc1ccc2[nH]nc(-c3cc(N4CCCC4)ncn3)c2c1. The zero-order chi connectivity index (χ0) is 17.4. The van der Waals surface area contributed by atoms with Crippen LogP contribution in [0.3, 0.4) is 0 Å². The Balaban J connectivity index is 1.73. The second-order valence-electron chi connectivity index (χ2n) is 7.45. The molecule has 0 spiro atoms. The number of aromatic nitrogens is 4. The molecule has 0 unspecified atom stereocenters. The van der Waals surface area contributed by atoms with Crippen molar-refractivity contribution in [2.75, 3.05) is 18.0 Å². The molecular formula is C19H23N5O. The summed E-state index contributed by atoms with van der Waals surface area (Å²) in [5, 5.41) is 8.57. The first-order valence-electron chi connectivity index (χ1n) is 8.74. The van der Waals surface area contributed by atoms with Crippen molar-refractivity contribution in [2.45, 2.75) is 39.2 Å². The number of aromatic amines is 1. The van der Waals surface area contributed by atoms with E-state index < -0.39 is 0 Å². The molecule has 1 N–H and O–H groups in total. The van der Waals surface area contributed by atoms with Gasteiger partial charge in [0.1, 0.15) is 29.2 Å². The number of ether oxygens (including phenoxy) is 1. The highest BCUT2D eigenvalue weighted by atomic mass is 16.5. The minimum Gasteiger partial charge on any atom is -0.488 e. The third kappa shape index (κ3) is 3.29. The van der Waals surface area contributed by atoms with E-state index in [0.717, 1.165) is 46.9 Å². The van der Waals surface area contributed by atoms with Crippen LogP contribution in [0.5, 0.6) is 5.75 Å². The number of rotatable bonds is 3. The number of nitrogens with one attached hydrogen (secondary N) is 1. The highest BCUT2D eigenvalue weighted by Gasteiger charge is 2.18. The lowest BCUT2D eigenvalue weighted by Crippen LogP contribution is -2.22. The molecule has 1 saturated heterocycles. The van der Waals surface area contributed by atoms with Gasteiger partial charge in [-0.05, 0) is 51.8 Å². The number of fused-ring (bicyclic) bond motifs is 1. The molecule has 2 aromatic heterocycles. The molecule has 3 aromatic rings. The van der Waals surface area contributed by atoms with Crippen molar-refractivity contribution in [2.24, 2.45) is 0 Å². The molecule has 0 radical (unpaired) electrons. The lowest BCUT2D eigenvalue weighted by Gasteiger charge is -2.21. The van der Waals surface area contributed by atoms with E-state index in [9.17, 15) is 0 Å². The molecule has 0 aliphatic carbocycles. The number of H-pyrrole nitrogens is 1. The van der Waals surface area contributed by atoms with Crippen molar-refractivity contribution in [3.63, 3.8) is 0 Å². The van der Waals surface area contributed by atoms with Gasteiger partial charge in [-0.3, -0.25) is 5.10 Å². The van der Waals surface area contributed by atoms with Crippen molar-refractivity contribution >= 4 is 16.7 Å². The number of hydrogen-bond donors (Lipinski definition) is 1. The summed E-state index contributed by atoms with van der Waals surface area (Å²) in [7, 11) is 0. The number of anilines is 1. The Morgan fingerprint density at radius 2 is 1.88 bits per heavy atom. The van der Waals surface area contributed by atoms with E-state index in [1.807, 2.05) is 45.0 Å². The van der Waals surface area contributed by atoms with Crippen LogP contribution in [-0.4, -0.2) is 38.9 Å². The summed E-state index contributed by atoms with van der Waals surface area (Å²) in [6.45, 7) is 8.24. The standard InChI is InChI=1S/C19H23N5O/c1-19(2,3)25-13-6-7-15-14(10-13)18(23-22-15)16-11-17(21-12-20-16)24-8-4-5-9-24/h6-7,10-12H,4-5,8-9H2,1-3H3,(H,22,23). The summed E-state index contributed by atoms with van der Waals surface area (Å²) in [5.41, 5.74) is 2.39. The number of benzene rings is 1. The first-order valence-corrected chi connectivity index (χ1v) is 8.74. The van der Waals surface area contributed by atoms with Crippen LogP contribution in [0.1, 0.15) is 33.6 Å². The van der Waals surface area contributed by atoms with Crippen molar-refractivity contribution in [1.29, 1.82) is 0 Å². The molecule has 130 valence electrons. The summed E-state index contributed by atoms with van der Waals surface area (Å²) in [5.74, 6) is 1.80. The van der Waals surface area contributed by atoms with E-state index in [4.69, 9.17) is 4.74 Å². The van der Waals surface area contributed by atoms with Gasteiger partial charge in [-0.25, -0.2) is 9.97 Å². The van der Waals surface area contributed by atoms with E-state index in [0.29, 0.717) is 0 Å². The third-order valence-electron chi connectivity index (χ3n) is 4.28. The zero-order valence-corrected chi connectivity index (χ0v) is 14.9. The Bertz CT molecular complexity index is 890. The molecular weight excluding hydrogens is 314 g/mol. The van der Waals surface area contributed by atoms with E-state index in [1.54, 1.807) is 6.33 Å². The average molecular weight is 337 g/mol. The molecule has 1 aromatic carbocycles. The largest absolute Gasteiger partial charge is 0.488 e. The topological polar surface area (TPSA) is 66.9 Å². The molecule has 4 rings (SSSR count). The molecule has 0 amide bonds. The highest BCUT2D eigenvalue weighted by Crippen LogP contribution is 2.31. The summed E-state index contributed by atoms with van der Waals surface area (Å²) >= 11 is 0. The Morgan fingerprint density at radius 3 is 2.64 bits per heavy atom. The van der Waals surface area contributed by atoms with E-state index in [-0.39, 0.29) is 5.60 Å². The van der Waals surface area contributed by atoms with E-state index in [1.165, 1.54) is 12.8 Å². The Morgan fingerprint density at radius 1 is 1.08 bits per heavy atom. The fourth-order valence-electron chi connectivity index (χ4n) is 3.20. The summed E-state index contributed by atoms with van der Waals surface area (Å²) in [6, 6.07) is 8.01. The zero-order valence-electron chi connectivity index (χ0n) is 14.9. The second-order valence-corrected chi connectivity index (χ2v) is 7.45. The maximum absolute atomic E-state index is 5.99. The number of hydrogen-bond acceptors (Lipinski definition) is 5. The lowest BCUT2D eigenvalue weighted by atomic mass is 10.1. The fraction of sp³-hybridized carbons (Fsp3) is 0.421. The average Bonchev–Trinajstić information content (AvgIpc) is 3.23. The van der Waals surface area contributed by atoms with Gasteiger partial charge >= 0.3 is 0 Å². The lowest BCUT2D eigenvalue weighted by molar-refractivity contribution is 0.131. The molecule has 1 aliphatic rings.